The maximum Gasteiger partial charge on any atom is 0.219 e. The van der Waals surface area contributed by atoms with Gasteiger partial charge in [-0.3, -0.25) is 0 Å². The zero-order valence-electron chi connectivity index (χ0n) is 10.8. The third-order valence-electron chi connectivity index (χ3n) is 2.41. The molecule has 0 aliphatic heterocycles. The largest absolute Gasteiger partial charge is 0.475 e. The van der Waals surface area contributed by atoms with Crippen LogP contribution in [0.25, 0.3) is 0 Å². The number of aliphatic hydroxyl groups excluding tert-OH is 1. The van der Waals surface area contributed by atoms with Crippen LogP contribution in [-0.2, 0) is 11.3 Å². The minimum Gasteiger partial charge on any atom is -0.475 e. The van der Waals surface area contributed by atoms with Crippen LogP contribution in [-0.4, -0.2) is 29.9 Å². The lowest BCUT2D eigenvalue weighted by molar-refractivity contribution is 0.0978. The number of aliphatic hydroxyl groups is 1. The van der Waals surface area contributed by atoms with Gasteiger partial charge < -0.3 is 14.6 Å². The molecule has 1 aromatic heterocycles. The monoisotopic (exact) mass is 239 g/mol. The first kappa shape index (κ1) is 13.9. The third kappa shape index (κ3) is 4.32. The molecule has 0 aliphatic rings. The molecular weight excluding hydrogens is 218 g/mol. The Morgan fingerprint density at radius 1 is 1.24 bits per heavy atom. The Balaban J connectivity index is 2.57. The van der Waals surface area contributed by atoms with Gasteiger partial charge in [0.1, 0.15) is 6.61 Å². The van der Waals surface area contributed by atoms with Crippen LogP contribution in [0.5, 0.6) is 5.88 Å². The highest BCUT2D eigenvalue weighted by Gasteiger charge is 2.08. The highest BCUT2D eigenvalue weighted by Crippen LogP contribution is 2.20. The van der Waals surface area contributed by atoms with Crippen LogP contribution in [0, 0.1) is 13.8 Å². The lowest BCUT2D eigenvalue weighted by Crippen LogP contribution is -2.10. The van der Waals surface area contributed by atoms with Crippen molar-refractivity contribution in [3.63, 3.8) is 0 Å². The van der Waals surface area contributed by atoms with E-state index in [0.29, 0.717) is 19.1 Å². The Morgan fingerprint density at radius 2 is 2.00 bits per heavy atom. The summed E-state index contributed by atoms with van der Waals surface area (Å²) in [6, 6.07) is 1.94. The zero-order valence-corrected chi connectivity index (χ0v) is 10.8. The maximum atomic E-state index is 9.28. The van der Waals surface area contributed by atoms with Crippen molar-refractivity contribution in [3.05, 3.63) is 22.9 Å². The summed E-state index contributed by atoms with van der Waals surface area (Å²) in [4.78, 5) is 4.28. The summed E-state index contributed by atoms with van der Waals surface area (Å²) in [5, 5.41) is 9.28. The fraction of sp³-hybridized carbons (Fsp3) is 0.615. The van der Waals surface area contributed by atoms with Crippen molar-refractivity contribution in [1.29, 1.82) is 0 Å². The molecule has 17 heavy (non-hydrogen) atoms. The number of ether oxygens (including phenoxy) is 2. The van der Waals surface area contributed by atoms with Crippen molar-refractivity contribution in [3.8, 4) is 5.88 Å². The quantitative estimate of drug-likeness (QED) is 0.739. The van der Waals surface area contributed by atoms with Crippen LogP contribution in [0.1, 0.15) is 30.2 Å². The molecule has 4 nitrogen and oxygen atoms in total. The number of rotatable bonds is 7. The fourth-order valence-corrected chi connectivity index (χ4v) is 1.58. The van der Waals surface area contributed by atoms with E-state index in [0.717, 1.165) is 29.8 Å². The first-order valence-electron chi connectivity index (χ1n) is 5.97. The molecule has 1 N–H and O–H groups in total. The Bertz CT molecular complexity index is 353. The van der Waals surface area contributed by atoms with Crippen LogP contribution in [0.15, 0.2) is 6.07 Å². The van der Waals surface area contributed by atoms with E-state index < -0.39 is 0 Å². The molecule has 0 unspecified atom stereocenters. The molecule has 1 heterocycles. The predicted octanol–water partition coefficient (Wildman–Crippen LogP) is 2.00. The van der Waals surface area contributed by atoms with Crippen molar-refractivity contribution in [2.45, 2.75) is 33.8 Å². The molecule has 0 aromatic carbocycles. The summed E-state index contributed by atoms with van der Waals surface area (Å²) in [6.45, 7) is 7.63. The van der Waals surface area contributed by atoms with Crippen molar-refractivity contribution in [2.24, 2.45) is 0 Å². The minimum absolute atomic E-state index is 0.0513. The van der Waals surface area contributed by atoms with Gasteiger partial charge in [0.25, 0.3) is 0 Å². The molecule has 1 aromatic rings. The fourth-order valence-electron chi connectivity index (χ4n) is 1.58. The van der Waals surface area contributed by atoms with Gasteiger partial charge in [-0.2, -0.15) is 0 Å². The van der Waals surface area contributed by atoms with Gasteiger partial charge in [-0.05, 0) is 31.9 Å². The predicted molar refractivity (Wildman–Crippen MR) is 66.2 cm³/mol. The Morgan fingerprint density at radius 3 is 2.65 bits per heavy atom. The molecule has 0 aliphatic carbocycles. The molecule has 0 amide bonds. The third-order valence-corrected chi connectivity index (χ3v) is 2.41. The van der Waals surface area contributed by atoms with Gasteiger partial charge in [-0.1, -0.05) is 6.92 Å². The molecule has 0 fully saturated rings. The van der Waals surface area contributed by atoms with Crippen LogP contribution in [0.4, 0.5) is 0 Å². The highest BCUT2D eigenvalue weighted by molar-refractivity contribution is 5.35. The molecule has 96 valence electrons. The summed E-state index contributed by atoms with van der Waals surface area (Å²) in [6.07, 6.45) is 1.00. The number of hydrogen-bond acceptors (Lipinski definition) is 4. The second kappa shape index (κ2) is 7.25. The van der Waals surface area contributed by atoms with E-state index >= 15 is 0 Å². The van der Waals surface area contributed by atoms with Gasteiger partial charge in [-0.25, -0.2) is 4.98 Å². The van der Waals surface area contributed by atoms with Crippen LogP contribution in [0.3, 0.4) is 0 Å². The van der Waals surface area contributed by atoms with Gasteiger partial charge in [0.15, 0.2) is 0 Å². The summed E-state index contributed by atoms with van der Waals surface area (Å²) < 4.78 is 10.9. The van der Waals surface area contributed by atoms with E-state index in [2.05, 4.69) is 11.9 Å². The summed E-state index contributed by atoms with van der Waals surface area (Å²) in [7, 11) is 0. The van der Waals surface area contributed by atoms with E-state index in [-0.39, 0.29) is 6.61 Å². The molecular formula is C13H21NO3. The van der Waals surface area contributed by atoms with Gasteiger partial charge in [0.2, 0.25) is 5.88 Å². The number of nitrogens with zero attached hydrogens (tertiary/aromatic N) is 1. The molecule has 0 saturated heterocycles. The molecule has 4 heteroatoms. The molecule has 0 bridgehead atoms. The van der Waals surface area contributed by atoms with E-state index in [9.17, 15) is 5.11 Å². The summed E-state index contributed by atoms with van der Waals surface area (Å²) in [5.41, 5.74) is 2.65. The Hall–Kier alpha value is -1.13. The average Bonchev–Trinajstić information content (AvgIpc) is 2.28. The highest BCUT2D eigenvalue weighted by atomic mass is 16.5. The molecule has 0 saturated carbocycles. The molecule has 0 atom stereocenters. The van der Waals surface area contributed by atoms with Crippen LogP contribution < -0.4 is 4.74 Å². The second-order valence-corrected chi connectivity index (χ2v) is 3.98. The lowest BCUT2D eigenvalue weighted by atomic mass is 10.1. The molecule has 0 spiro atoms. The zero-order chi connectivity index (χ0) is 12.7. The van der Waals surface area contributed by atoms with Gasteiger partial charge in [0, 0.05) is 17.9 Å². The Labute approximate surface area is 103 Å². The van der Waals surface area contributed by atoms with E-state index in [1.165, 1.54) is 0 Å². The van der Waals surface area contributed by atoms with Gasteiger partial charge >= 0.3 is 0 Å². The average molecular weight is 239 g/mol. The number of hydrogen-bond donors (Lipinski definition) is 1. The van der Waals surface area contributed by atoms with E-state index in [1.807, 2.05) is 19.9 Å². The smallest absolute Gasteiger partial charge is 0.219 e. The summed E-state index contributed by atoms with van der Waals surface area (Å²) >= 11 is 0. The van der Waals surface area contributed by atoms with Gasteiger partial charge in [0.05, 0.1) is 13.2 Å². The van der Waals surface area contributed by atoms with Crippen molar-refractivity contribution >= 4 is 0 Å². The van der Waals surface area contributed by atoms with Crippen molar-refractivity contribution < 1.29 is 14.6 Å². The van der Waals surface area contributed by atoms with Crippen LogP contribution >= 0.6 is 0 Å². The van der Waals surface area contributed by atoms with Gasteiger partial charge in [-0.15, -0.1) is 0 Å². The Kier molecular flexibility index (Phi) is 5.94. The van der Waals surface area contributed by atoms with Crippen molar-refractivity contribution in [1.82, 2.24) is 4.98 Å². The SMILES string of the molecule is CCCOCCOc1nc(C)cc(C)c1CO. The van der Waals surface area contributed by atoms with Crippen LogP contribution in [0.2, 0.25) is 0 Å². The first-order chi connectivity index (χ1) is 8.19. The number of aryl methyl sites for hydroxylation is 2. The normalized spacial score (nSPS) is 10.6. The van der Waals surface area contributed by atoms with E-state index in [1.54, 1.807) is 0 Å². The minimum atomic E-state index is -0.0513. The lowest BCUT2D eigenvalue weighted by Gasteiger charge is -2.12. The number of aromatic nitrogens is 1. The van der Waals surface area contributed by atoms with Crippen molar-refractivity contribution in [2.75, 3.05) is 19.8 Å². The molecule has 0 radical (unpaired) electrons. The summed E-state index contributed by atoms with van der Waals surface area (Å²) in [5.74, 6) is 0.519. The topological polar surface area (TPSA) is 51.6 Å². The molecule has 1 rings (SSSR count). The second-order valence-electron chi connectivity index (χ2n) is 3.98. The standard InChI is InChI=1S/C13H21NO3/c1-4-5-16-6-7-17-13-12(9-15)10(2)8-11(3)14-13/h8,15H,4-7,9H2,1-3H3. The number of pyridine rings is 1. The van der Waals surface area contributed by atoms with E-state index in [4.69, 9.17) is 9.47 Å². The first-order valence-corrected chi connectivity index (χ1v) is 5.97. The maximum absolute atomic E-state index is 9.28.